The molecule has 11 heavy (non-hydrogen) atoms. The molecule has 68 valence electrons. The minimum atomic E-state index is -0.874. The molecular weight excluding hydrogens is 139 g/mol. The van der Waals surface area contributed by atoms with Gasteiger partial charge in [0.1, 0.15) is 5.67 Å². The number of hydrogen-bond acceptors (Lipinski definition) is 0. The van der Waals surface area contributed by atoms with Crippen LogP contribution in [0.1, 0.15) is 48.0 Å². The van der Waals surface area contributed by atoms with E-state index in [1.165, 1.54) is 0 Å². The second kappa shape index (κ2) is 3.12. The minimum Gasteiger partial charge on any atom is -0.244 e. The third kappa shape index (κ3) is 1.74. The Morgan fingerprint density at radius 3 is 1.45 bits per heavy atom. The summed E-state index contributed by atoms with van der Waals surface area (Å²) in [6.07, 6.45) is 0.748. The van der Waals surface area contributed by atoms with Crippen molar-refractivity contribution in [1.29, 1.82) is 0 Å². The van der Waals surface area contributed by atoms with Crippen LogP contribution in [0.15, 0.2) is 0 Å². The molecule has 0 heterocycles. The van der Waals surface area contributed by atoms with Crippen molar-refractivity contribution in [3.05, 3.63) is 0 Å². The number of halogens is 1. The summed E-state index contributed by atoms with van der Waals surface area (Å²) in [6, 6.07) is 0. The second-order valence-corrected chi connectivity index (χ2v) is 3.95. The van der Waals surface area contributed by atoms with Crippen molar-refractivity contribution in [2.75, 3.05) is 0 Å². The van der Waals surface area contributed by atoms with E-state index in [1.54, 1.807) is 6.92 Å². The van der Waals surface area contributed by atoms with Crippen LogP contribution in [0.2, 0.25) is 0 Å². The van der Waals surface area contributed by atoms with Gasteiger partial charge in [-0.05, 0) is 19.3 Å². The van der Waals surface area contributed by atoms with E-state index in [1.807, 2.05) is 20.8 Å². The number of hydrogen-bond donors (Lipinski definition) is 0. The third-order valence-corrected chi connectivity index (χ3v) is 3.04. The normalized spacial score (nSPS) is 41.5. The Bertz CT molecular complexity index is 127. The molecule has 1 aliphatic carbocycles. The first-order valence-corrected chi connectivity index (χ1v) is 4.59. The lowest BCUT2D eigenvalue weighted by Gasteiger charge is -2.15. The maximum Gasteiger partial charge on any atom is 0.114 e. The Labute approximate surface area is 70.2 Å². The van der Waals surface area contributed by atoms with Gasteiger partial charge in [0.05, 0.1) is 0 Å². The molecule has 2 atom stereocenters. The zero-order chi connectivity index (χ0) is 9.28. The van der Waals surface area contributed by atoms with Crippen LogP contribution >= 0.6 is 0 Å². The quantitative estimate of drug-likeness (QED) is 0.547. The third-order valence-electron chi connectivity index (χ3n) is 3.04. The van der Waals surface area contributed by atoms with Crippen molar-refractivity contribution in [1.82, 2.24) is 0 Å². The van der Waals surface area contributed by atoms with Gasteiger partial charge in [-0.3, -0.25) is 0 Å². The largest absolute Gasteiger partial charge is 0.244 e. The molecule has 0 N–H and O–H groups in total. The predicted molar refractivity (Wildman–Crippen MR) is 48.4 cm³/mol. The fraction of sp³-hybridized carbons (Fsp3) is 1.00. The van der Waals surface area contributed by atoms with E-state index in [2.05, 4.69) is 13.8 Å². The van der Waals surface area contributed by atoms with Crippen molar-refractivity contribution in [2.45, 2.75) is 53.6 Å². The summed E-state index contributed by atoms with van der Waals surface area (Å²) in [6.45, 7) is 11.9. The van der Waals surface area contributed by atoms with Crippen LogP contribution in [0.25, 0.3) is 0 Å². The highest BCUT2D eigenvalue weighted by Gasteiger charge is 2.63. The average Bonchev–Trinajstić information content (AvgIpc) is 2.39. The molecule has 0 amide bonds. The Morgan fingerprint density at radius 2 is 1.45 bits per heavy atom. The zero-order valence-electron chi connectivity index (χ0n) is 8.66. The van der Waals surface area contributed by atoms with Gasteiger partial charge in [0, 0.05) is 5.41 Å². The van der Waals surface area contributed by atoms with Crippen molar-refractivity contribution >= 4 is 0 Å². The topological polar surface area (TPSA) is 0 Å². The highest BCUT2D eigenvalue weighted by atomic mass is 19.1. The van der Waals surface area contributed by atoms with Gasteiger partial charge in [0.2, 0.25) is 0 Å². The highest BCUT2D eigenvalue weighted by molar-refractivity contribution is 5.12. The SMILES string of the molecule is CC.CC(C)C1(C)CC1(C)F. The van der Waals surface area contributed by atoms with Gasteiger partial charge >= 0.3 is 0 Å². The maximum atomic E-state index is 13.1. The van der Waals surface area contributed by atoms with Crippen LogP contribution in [-0.4, -0.2) is 5.67 Å². The molecule has 0 aromatic heterocycles. The molecule has 1 heteroatoms. The lowest BCUT2D eigenvalue weighted by atomic mass is 9.92. The summed E-state index contributed by atoms with van der Waals surface area (Å²) >= 11 is 0. The van der Waals surface area contributed by atoms with Crippen LogP contribution in [0.4, 0.5) is 4.39 Å². The van der Waals surface area contributed by atoms with Crippen LogP contribution < -0.4 is 0 Å². The Morgan fingerprint density at radius 1 is 1.18 bits per heavy atom. The van der Waals surface area contributed by atoms with E-state index in [0.29, 0.717) is 5.92 Å². The van der Waals surface area contributed by atoms with Gasteiger partial charge in [-0.25, -0.2) is 4.39 Å². The molecule has 1 fully saturated rings. The van der Waals surface area contributed by atoms with Gasteiger partial charge in [0.15, 0.2) is 0 Å². The Hall–Kier alpha value is -0.0700. The molecular formula is C10H21F. The lowest BCUT2D eigenvalue weighted by Crippen LogP contribution is -2.14. The lowest BCUT2D eigenvalue weighted by molar-refractivity contribution is 0.215. The van der Waals surface area contributed by atoms with Crippen molar-refractivity contribution in [3.8, 4) is 0 Å². The Balaban J connectivity index is 0.000000461. The van der Waals surface area contributed by atoms with E-state index < -0.39 is 5.67 Å². The highest BCUT2D eigenvalue weighted by Crippen LogP contribution is 2.62. The van der Waals surface area contributed by atoms with Crippen molar-refractivity contribution < 1.29 is 4.39 Å². The standard InChI is InChI=1S/C8H15F.C2H6/c1-6(2)7(3)5-8(7,4)9;1-2/h6H,5H2,1-4H3;1-2H3. The first-order chi connectivity index (χ1) is 4.90. The Kier molecular flexibility index (Phi) is 3.10. The monoisotopic (exact) mass is 160 g/mol. The second-order valence-electron chi connectivity index (χ2n) is 3.95. The molecule has 0 bridgehead atoms. The van der Waals surface area contributed by atoms with Gasteiger partial charge < -0.3 is 0 Å². The minimum absolute atomic E-state index is 0.0208. The molecule has 2 unspecified atom stereocenters. The van der Waals surface area contributed by atoms with E-state index in [4.69, 9.17) is 0 Å². The molecule has 0 aliphatic heterocycles. The summed E-state index contributed by atoms with van der Waals surface area (Å²) in [5.41, 5.74) is -0.895. The number of alkyl halides is 1. The molecule has 1 rings (SSSR count). The van der Waals surface area contributed by atoms with Crippen LogP contribution in [-0.2, 0) is 0 Å². The maximum absolute atomic E-state index is 13.1. The first kappa shape index (κ1) is 10.9. The van der Waals surface area contributed by atoms with Crippen LogP contribution in [0.5, 0.6) is 0 Å². The van der Waals surface area contributed by atoms with E-state index >= 15 is 0 Å². The summed E-state index contributed by atoms with van der Waals surface area (Å²) in [5, 5.41) is 0. The summed E-state index contributed by atoms with van der Waals surface area (Å²) in [7, 11) is 0. The fourth-order valence-corrected chi connectivity index (χ4v) is 1.45. The van der Waals surface area contributed by atoms with E-state index in [-0.39, 0.29) is 5.41 Å². The van der Waals surface area contributed by atoms with E-state index in [9.17, 15) is 4.39 Å². The molecule has 0 aromatic rings. The molecule has 0 spiro atoms. The average molecular weight is 160 g/mol. The first-order valence-electron chi connectivity index (χ1n) is 4.59. The molecule has 1 saturated carbocycles. The van der Waals surface area contributed by atoms with Gasteiger partial charge in [-0.15, -0.1) is 0 Å². The van der Waals surface area contributed by atoms with Gasteiger partial charge in [0.25, 0.3) is 0 Å². The van der Waals surface area contributed by atoms with Crippen molar-refractivity contribution in [3.63, 3.8) is 0 Å². The molecule has 0 nitrogen and oxygen atoms in total. The summed E-state index contributed by atoms with van der Waals surface area (Å²) in [5.74, 6) is 0.479. The predicted octanol–water partition coefficient (Wildman–Crippen LogP) is 3.81. The molecule has 0 radical (unpaired) electrons. The smallest absolute Gasteiger partial charge is 0.114 e. The molecule has 0 aromatic carbocycles. The van der Waals surface area contributed by atoms with Gasteiger partial charge in [-0.2, -0.15) is 0 Å². The molecule has 1 aliphatic rings. The number of rotatable bonds is 1. The summed E-state index contributed by atoms with van der Waals surface area (Å²) < 4.78 is 13.1. The van der Waals surface area contributed by atoms with E-state index in [0.717, 1.165) is 6.42 Å². The van der Waals surface area contributed by atoms with Crippen LogP contribution in [0.3, 0.4) is 0 Å². The fourth-order valence-electron chi connectivity index (χ4n) is 1.45. The van der Waals surface area contributed by atoms with Crippen LogP contribution in [0, 0.1) is 11.3 Å². The molecule has 0 saturated heterocycles. The van der Waals surface area contributed by atoms with Gasteiger partial charge in [-0.1, -0.05) is 34.6 Å². The van der Waals surface area contributed by atoms with Crippen molar-refractivity contribution in [2.24, 2.45) is 11.3 Å². The zero-order valence-corrected chi connectivity index (χ0v) is 8.66. The summed E-state index contributed by atoms with van der Waals surface area (Å²) in [4.78, 5) is 0.